The van der Waals surface area contributed by atoms with Gasteiger partial charge in [0.25, 0.3) is 0 Å². The molecule has 0 bridgehead atoms. The first kappa shape index (κ1) is 24.7. The van der Waals surface area contributed by atoms with Crippen LogP contribution in [0.3, 0.4) is 0 Å². The van der Waals surface area contributed by atoms with Crippen molar-refractivity contribution in [3.05, 3.63) is 89.2 Å². The molecule has 1 unspecified atom stereocenters. The number of hydrogen-bond acceptors (Lipinski definition) is 5. The predicted molar refractivity (Wildman–Crippen MR) is 132 cm³/mol. The quantitative estimate of drug-likeness (QED) is 0.497. The lowest BCUT2D eigenvalue weighted by Crippen LogP contribution is -2.42. The summed E-state index contributed by atoms with van der Waals surface area (Å²) in [7, 11) is -3.00. The molecule has 2 aromatic carbocycles. The molecule has 1 amide bonds. The van der Waals surface area contributed by atoms with Crippen LogP contribution >= 0.6 is 12.2 Å². The SMILES string of the molecule is CS(=O)(=Cc1ccc(C(F)(F)F)nc1)NC(=S)NC(=O)OCC1c2ccccc2-c2ccccc21. The number of amides is 1. The summed E-state index contributed by atoms with van der Waals surface area (Å²) < 4.78 is 58.6. The highest BCUT2D eigenvalue weighted by Gasteiger charge is 2.32. The van der Waals surface area contributed by atoms with Crippen molar-refractivity contribution in [1.29, 1.82) is 0 Å². The van der Waals surface area contributed by atoms with Gasteiger partial charge in [-0.3, -0.25) is 15.0 Å². The minimum Gasteiger partial charge on any atom is -0.448 e. The zero-order chi connectivity index (χ0) is 25.2. The Morgan fingerprint density at radius 2 is 1.69 bits per heavy atom. The molecule has 0 fully saturated rings. The Kier molecular flexibility index (Phi) is 6.82. The van der Waals surface area contributed by atoms with Crippen LogP contribution in [0.25, 0.3) is 11.1 Å². The molecule has 1 heterocycles. The number of rotatable bonds is 4. The van der Waals surface area contributed by atoms with Gasteiger partial charge in [0, 0.05) is 29.3 Å². The molecule has 3 aromatic rings. The lowest BCUT2D eigenvalue weighted by molar-refractivity contribution is -0.141. The molecule has 0 radical (unpaired) electrons. The molecule has 0 aliphatic heterocycles. The van der Waals surface area contributed by atoms with Crippen molar-refractivity contribution in [3.8, 4) is 11.1 Å². The van der Waals surface area contributed by atoms with Crippen LogP contribution in [0.1, 0.15) is 28.3 Å². The van der Waals surface area contributed by atoms with Crippen molar-refractivity contribution in [2.75, 3.05) is 12.9 Å². The van der Waals surface area contributed by atoms with Gasteiger partial charge in [-0.25, -0.2) is 9.00 Å². The van der Waals surface area contributed by atoms with Gasteiger partial charge in [0.1, 0.15) is 12.3 Å². The number of alkyl halides is 3. The number of pyridine rings is 1. The largest absolute Gasteiger partial charge is 0.448 e. The zero-order valence-corrected chi connectivity index (χ0v) is 20.0. The molecule has 1 atom stereocenters. The van der Waals surface area contributed by atoms with Crippen LogP contribution in [0.15, 0.2) is 66.9 Å². The van der Waals surface area contributed by atoms with E-state index in [1.54, 1.807) is 0 Å². The third-order valence-electron chi connectivity index (χ3n) is 5.29. The van der Waals surface area contributed by atoms with Crippen molar-refractivity contribution in [2.45, 2.75) is 12.1 Å². The van der Waals surface area contributed by atoms with Crippen LogP contribution in [-0.4, -0.2) is 38.6 Å². The second kappa shape index (κ2) is 9.67. The first-order valence-electron chi connectivity index (χ1n) is 10.3. The van der Waals surface area contributed by atoms with Gasteiger partial charge < -0.3 is 4.74 Å². The monoisotopic (exact) mass is 519 g/mol. The second-order valence-electron chi connectivity index (χ2n) is 7.88. The summed E-state index contributed by atoms with van der Waals surface area (Å²) in [6.45, 7) is 0.0767. The van der Waals surface area contributed by atoms with Gasteiger partial charge in [0.15, 0.2) is 5.11 Å². The van der Waals surface area contributed by atoms with E-state index in [1.165, 1.54) is 11.6 Å². The van der Waals surface area contributed by atoms with E-state index in [-0.39, 0.29) is 23.2 Å². The smallest absolute Gasteiger partial charge is 0.433 e. The van der Waals surface area contributed by atoms with Crippen molar-refractivity contribution >= 4 is 38.5 Å². The van der Waals surface area contributed by atoms with Crippen LogP contribution in [0.4, 0.5) is 18.0 Å². The van der Waals surface area contributed by atoms with Gasteiger partial charge in [-0.1, -0.05) is 54.6 Å². The van der Waals surface area contributed by atoms with Crippen LogP contribution in [0.2, 0.25) is 0 Å². The third-order valence-corrected chi connectivity index (χ3v) is 6.96. The van der Waals surface area contributed by atoms with Gasteiger partial charge >= 0.3 is 12.3 Å². The number of nitrogens with zero attached hydrogens (tertiary/aromatic N) is 1. The van der Waals surface area contributed by atoms with Crippen molar-refractivity contribution in [2.24, 2.45) is 0 Å². The Labute approximate surface area is 205 Å². The molecule has 4 rings (SSSR count). The second-order valence-corrected chi connectivity index (χ2v) is 10.5. The summed E-state index contributed by atoms with van der Waals surface area (Å²) in [5.74, 6) is -0.134. The Morgan fingerprint density at radius 3 is 2.23 bits per heavy atom. The van der Waals surface area contributed by atoms with Crippen molar-refractivity contribution in [1.82, 2.24) is 15.0 Å². The van der Waals surface area contributed by atoms with Crippen LogP contribution in [0.5, 0.6) is 0 Å². The first-order chi connectivity index (χ1) is 16.5. The lowest BCUT2D eigenvalue weighted by atomic mass is 9.98. The molecule has 1 aliphatic rings. The Balaban J connectivity index is 1.36. The zero-order valence-electron chi connectivity index (χ0n) is 18.3. The predicted octanol–water partition coefficient (Wildman–Crippen LogP) is 4.49. The summed E-state index contributed by atoms with van der Waals surface area (Å²) >= 11 is 5.05. The highest BCUT2D eigenvalue weighted by Crippen LogP contribution is 2.44. The number of hydrogen-bond donors (Lipinski definition) is 2. The third kappa shape index (κ3) is 5.80. The fraction of sp³-hybridized carbons (Fsp3) is 0.167. The molecule has 0 spiro atoms. The highest BCUT2D eigenvalue weighted by molar-refractivity contribution is 8.00. The van der Waals surface area contributed by atoms with E-state index >= 15 is 0 Å². The molecule has 1 aromatic heterocycles. The van der Waals surface area contributed by atoms with Crippen molar-refractivity contribution in [3.63, 3.8) is 0 Å². The Bertz CT molecular complexity index is 1350. The number of aromatic nitrogens is 1. The topological polar surface area (TPSA) is 80.3 Å². The van der Waals surface area contributed by atoms with Crippen molar-refractivity contribution < 1.29 is 26.9 Å². The van der Waals surface area contributed by atoms with Gasteiger partial charge in [-0.15, -0.1) is 0 Å². The van der Waals surface area contributed by atoms with Gasteiger partial charge in [-0.2, -0.15) is 13.2 Å². The highest BCUT2D eigenvalue weighted by atomic mass is 32.2. The molecule has 11 heteroatoms. The molecule has 2 N–H and O–H groups in total. The normalized spacial score (nSPS) is 14.3. The summed E-state index contributed by atoms with van der Waals surface area (Å²) in [5.41, 5.74) is 3.43. The maximum atomic E-state index is 12.8. The number of alkyl carbamates (subject to hydrolysis) is 1. The molecule has 182 valence electrons. The molecule has 0 saturated carbocycles. The number of carbonyl (C=O) groups is 1. The summed E-state index contributed by atoms with van der Waals surface area (Å²) in [4.78, 5) is 15.7. The maximum absolute atomic E-state index is 12.8. The fourth-order valence-corrected chi connectivity index (χ4v) is 5.59. The van der Waals surface area contributed by atoms with E-state index in [2.05, 4.69) is 15.0 Å². The van der Waals surface area contributed by atoms with E-state index in [0.717, 1.165) is 40.6 Å². The number of thiocarbonyl (C=S) groups is 1. The summed E-state index contributed by atoms with van der Waals surface area (Å²) in [5, 5.41) is 3.26. The summed E-state index contributed by atoms with van der Waals surface area (Å²) in [6.07, 6.45) is -3.15. The average Bonchev–Trinajstić information content (AvgIpc) is 3.10. The molecule has 6 nitrogen and oxygen atoms in total. The number of halogens is 3. The first-order valence-corrected chi connectivity index (χ1v) is 12.8. The van der Waals surface area contributed by atoms with E-state index in [4.69, 9.17) is 17.0 Å². The number of ether oxygens (including phenoxy) is 1. The van der Waals surface area contributed by atoms with Crippen LogP contribution in [-0.2, 0) is 20.6 Å². The molecular weight excluding hydrogens is 499 g/mol. The number of carbonyl (C=O) groups excluding carboxylic acids is 1. The van der Waals surface area contributed by atoms with Gasteiger partial charge in [0.2, 0.25) is 0 Å². The minimum atomic E-state index is -4.57. The fourth-order valence-electron chi connectivity index (χ4n) is 3.87. The molecular formula is C24H20F3N3O3S2. The molecule has 0 saturated heterocycles. The molecule has 1 aliphatic carbocycles. The van der Waals surface area contributed by atoms with E-state index < -0.39 is 27.7 Å². The van der Waals surface area contributed by atoms with Gasteiger partial charge in [-0.05, 0) is 40.5 Å². The molecule has 35 heavy (non-hydrogen) atoms. The number of nitrogens with one attached hydrogen (secondary N) is 2. The summed E-state index contributed by atoms with van der Waals surface area (Å²) in [6, 6.07) is 17.7. The van der Waals surface area contributed by atoms with E-state index in [1.807, 2.05) is 48.5 Å². The average molecular weight is 520 g/mol. The minimum absolute atomic E-state index is 0.0767. The van der Waals surface area contributed by atoms with Crippen LogP contribution in [0, 0.1) is 0 Å². The lowest BCUT2D eigenvalue weighted by Gasteiger charge is -2.16. The Morgan fingerprint density at radius 1 is 1.09 bits per heavy atom. The van der Waals surface area contributed by atoms with E-state index in [0.29, 0.717) is 0 Å². The number of fused-ring (bicyclic) bond motifs is 3. The van der Waals surface area contributed by atoms with Gasteiger partial charge in [0.05, 0.1) is 9.71 Å². The standard InChI is InChI=1S/C24H20F3N3O3S2/c1-35(32,14-15-10-11-21(28-12-15)24(25,26)27)30-22(34)29-23(31)33-13-20-18-8-4-2-6-16(18)17-7-3-5-9-19(17)20/h2-12,14,20H,13H2,1H3,(H2,29,30,31,32,34). The van der Waals surface area contributed by atoms with E-state index in [9.17, 15) is 22.2 Å². The number of benzene rings is 2. The van der Waals surface area contributed by atoms with Crippen LogP contribution < -0.4 is 10.0 Å². The maximum Gasteiger partial charge on any atom is 0.433 e. The Hall–Kier alpha value is -3.44.